The molecule has 58 valence electrons. The van der Waals surface area contributed by atoms with Crippen molar-refractivity contribution in [3.8, 4) is 6.07 Å². The molecule has 0 spiro atoms. The Morgan fingerprint density at radius 1 is 1.73 bits per heavy atom. The summed E-state index contributed by atoms with van der Waals surface area (Å²) in [5.74, 6) is 0. The van der Waals surface area contributed by atoms with E-state index in [1.807, 2.05) is 17.7 Å². The van der Waals surface area contributed by atoms with Gasteiger partial charge in [0.05, 0.1) is 18.1 Å². The van der Waals surface area contributed by atoms with Gasteiger partial charge >= 0.3 is 0 Å². The van der Waals surface area contributed by atoms with Crippen molar-refractivity contribution in [1.82, 2.24) is 9.55 Å². The average molecular weight is 149 g/mol. The molecule has 0 aromatic carbocycles. The minimum absolute atomic E-state index is 0.622. The third-order valence-electron chi connectivity index (χ3n) is 1.47. The summed E-state index contributed by atoms with van der Waals surface area (Å²) in [5, 5.41) is 8.27. The summed E-state index contributed by atoms with van der Waals surface area (Å²) in [6.07, 6.45) is 5.31. The SMILES string of the molecule is Cc1cn(CCCC#N)cn1. The van der Waals surface area contributed by atoms with Crippen molar-refractivity contribution in [2.45, 2.75) is 26.3 Å². The number of imidazole rings is 1. The molecule has 0 radical (unpaired) electrons. The van der Waals surface area contributed by atoms with Gasteiger partial charge in [-0.25, -0.2) is 4.98 Å². The summed E-state index contributed by atoms with van der Waals surface area (Å²) in [5.41, 5.74) is 1.03. The molecule has 1 heterocycles. The Balaban J connectivity index is 2.34. The van der Waals surface area contributed by atoms with Gasteiger partial charge in [0.2, 0.25) is 0 Å². The van der Waals surface area contributed by atoms with Gasteiger partial charge in [0.25, 0.3) is 0 Å². The maximum atomic E-state index is 8.27. The Morgan fingerprint density at radius 3 is 3.09 bits per heavy atom. The van der Waals surface area contributed by atoms with E-state index in [2.05, 4.69) is 11.1 Å². The van der Waals surface area contributed by atoms with Crippen LogP contribution in [0.1, 0.15) is 18.5 Å². The van der Waals surface area contributed by atoms with E-state index >= 15 is 0 Å². The molecule has 0 aliphatic rings. The second-order valence-corrected chi connectivity index (χ2v) is 2.51. The van der Waals surface area contributed by atoms with Crippen molar-refractivity contribution in [2.24, 2.45) is 0 Å². The topological polar surface area (TPSA) is 41.6 Å². The Kier molecular flexibility index (Phi) is 2.67. The monoisotopic (exact) mass is 149 g/mol. The van der Waals surface area contributed by atoms with Gasteiger partial charge in [0.15, 0.2) is 0 Å². The number of nitrogens with zero attached hydrogens (tertiary/aromatic N) is 3. The highest BCUT2D eigenvalue weighted by Gasteiger charge is 1.91. The Labute approximate surface area is 66.3 Å². The number of hydrogen-bond acceptors (Lipinski definition) is 2. The summed E-state index contributed by atoms with van der Waals surface area (Å²) in [4.78, 5) is 4.08. The molecule has 0 unspecified atom stereocenters. The van der Waals surface area contributed by atoms with Crippen LogP contribution in [0.15, 0.2) is 12.5 Å². The number of unbranched alkanes of at least 4 members (excludes halogenated alkanes) is 1. The zero-order chi connectivity index (χ0) is 8.10. The van der Waals surface area contributed by atoms with E-state index in [1.165, 1.54) is 0 Å². The largest absolute Gasteiger partial charge is 0.337 e. The first-order valence-electron chi connectivity index (χ1n) is 3.68. The predicted octanol–water partition coefficient (Wildman–Crippen LogP) is 1.50. The standard InChI is InChI=1S/C8H11N3/c1-8-6-11(7-10-8)5-3-2-4-9/h6-7H,2-3,5H2,1H3. The van der Waals surface area contributed by atoms with Gasteiger partial charge in [-0.3, -0.25) is 0 Å². The van der Waals surface area contributed by atoms with Crippen LogP contribution in [0.25, 0.3) is 0 Å². The van der Waals surface area contributed by atoms with Gasteiger partial charge in [-0.05, 0) is 13.3 Å². The van der Waals surface area contributed by atoms with Gasteiger partial charge in [0.1, 0.15) is 0 Å². The third-order valence-corrected chi connectivity index (χ3v) is 1.47. The van der Waals surface area contributed by atoms with Crippen LogP contribution < -0.4 is 0 Å². The van der Waals surface area contributed by atoms with Gasteiger partial charge < -0.3 is 4.57 Å². The predicted molar refractivity (Wildman–Crippen MR) is 41.8 cm³/mol. The number of rotatable bonds is 3. The lowest BCUT2D eigenvalue weighted by atomic mass is 10.3. The van der Waals surface area contributed by atoms with Crippen molar-refractivity contribution in [1.29, 1.82) is 5.26 Å². The molecule has 1 aromatic rings. The lowest BCUT2D eigenvalue weighted by Gasteiger charge is -1.96. The first-order chi connectivity index (χ1) is 5.33. The highest BCUT2D eigenvalue weighted by Crippen LogP contribution is 1.96. The fraction of sp³-hybridized carbons (Fsp3) is 0.500. The zero-order valence-electron chi connectivity index (χ0n) is 6.62. The van der Waals surface area contributed by atoms with E-state index in [0.717, 1.165) is 18.7 Å². The third kappa shape index (κ3) is 2.42. The minimum atomic E-state index is 0.622. The number of hydrogen-bond donors (Lipinski definition) is 0. The van der Waals surface area contributed by atoms with Gasteiger partial charge in [0, 0.05) is 19.2 Å². The molecule has 0 fully saturated rings. The fourth-order valence-electron chi connectivity index (χ4n) is 0.935. The summed E-state index contributed by atoms with van der Waals surface area (Å²) in [6.45, 7) is 2.86. The quantitative estimate of drug-likeness (QED) is 0.611. The smallest absolute Gasteiger partial charge is 0.0949 e. The molecule has 0 bridgehead atoms. The molecule has 0 saturated carbocycles. The first-order valence-corrected chi connectivity index (χ1v) is 3.68. The molecule has 0 aliphatic carbocycles. The molecule has 0 N–H and O–H groups in total. The molecule has 3 nitrogen and oxygen atoms in total. The van der Waals surface area contributed by atoms with Crippen molar-refractivity contribution in [3.63, 3.8) is 0 Å². The molecule has 0 amide bonds. The molecule has 0 aliphatic heterocycles. The second-order valence-electron chi connectivity index (χ2n) is 2.51. The maximum Gasteiger partial charge on any atom is 0.0949 e. The van der Waals surface area contributed by atoms with Crippen LogP contribution in [0.4, 0.5) is 0 Å². The van der Waals surface area contributed by atoms with Crippen molar-refractivity contribution in [3.05, 3.63) is 18.2 Å². The van der Waals surface area contributed by atoms with E-state index < -0.39 is 0 Å². The molecular formula is C8H11N3. The number of nitriles is 1. The van der Waals surface area contributed by atoms with Crippen LogP contribution in [-0.4, -0.2) is 9.55 Å². The fourth-order valence-corrected chi connectivity index (χ4v) is 0.935. The van der Waals surface area contributed by atoms with Crippen molar-refractivity contribution < 1.29 is 0 Å². The highest BCUT2D eigenvalue weighted by molar-refractivity contribution is 4.92. The molecule has 0 atom stereocenters. The molecule has 0 saturated heterocycles. The summed E-state index contributed by atoms with van der Waals surface area (Å²) in [7, 11) is 0. The minimum Gasteiger partial charge on any atom is -0.337 e. The van der Waals surface area contributed by atoms with Gasteiger partial charge in [-0.15, -0.1) is 0 Å². The summed E-state index contributed by atoms with van der Waals surface area (Å²) >= 11 is 0. The van der Waals surface area contributed by atoms with Crippen molar-refractivity contribution >= 4 is 0 Å². The van der Waals surface area contributed by atoms with E-state index in [1.54, 1.807) is 6.33 Å². The second kappa shape index (κ2) is 3.77. The highest BCUT2D eigenvalue weighted by atomic mass is 15.0. The van der Waals surface area contributed by atoms with Crippen LogP contribution in [-0.2, 0) is 6.54 Å². The van der Waals surface area contributed by atoms with E-state index in [4.69, 9.17) is 5.26 Å². The van der Waals surface area contributed by atoms with Crippen LogP contribution in [0.2, 0.25) is 0 Å². The van der Waals surface area contributed by atoms with E-state index in [0.29, 0.717) is 6.42 Å². The van der Waals surface area contributed by atoms with E-state index in [9.17, 15) is 0 Å². The lowest BCUT2D eigenvalue weighted by Crippen LogP contribution is -1.92. The van der Waals surface area contributed by atoms with Crippen LogP contribution in [0, 0.1) is 18.3 Å². The molecule has 1 rings (SSSR count). The first kappa shape index (κ1) is 7.80. The van der Waals surface area contributed by atoms with Crippen molar-refractivity contribution in [2.75, 3.05) is 0 Å². The normalized spacial score (nSPS) is 9.45. The Bertz CT molecular complexity index is 257. The Morgan fingerprint density at radius 2 is 2.55 bits per heavy atom. The Hall–Kier alpha value is -1.30. The number of aromatic nitrogens is 2. The van der Waals surface area contributed by atoms with Crippen LogP contribution >= 0.6 is 0 Å². The van der Waals surface area contributed by atoms with E-state index in [-0.39, 0.29) is 0 Å². The zero-order valence-corrected chi connectivity index (χ0v) is 6.62. The molecular weight excluding hydrogens is 138 g/mol. The summed E-state index contributed by atoms with van der Waals surface area (Å²) in [6, 6.07) is 2.11. The molecule has 3 heteroatoms. The lowest BCUT2D eigenvalue weighted by molar-refractivity contribution is 0.652. The number of aryl methyl sites for hydroxylation is 2. The van der Waals surface area contributed by atoms with Gasteiger partial charge in [-0.2, -0.15) is 5.26 Å². The molecule has 11 heavy (non-hydrogen) atoms. The van der Waals surface area contributed by atoms with Crippen LogP contribution in [0.5, 0.6) is 0 Å². The average Bonchev–Trinajstić information content (AvgIpc) is 2.37. The maximum absolute atomic E-state index is 8.27. The van der Waals surface area contributed by atoms with Crippen LogP contribution in [0.3, 0.4) is 0 Å². The van der Waals surface area contributed by atoms with Gasteiger partial charge in [-0.1, -0.05) is 0 Å². The molecule has 1 aromatic heterocycles. The summed E-state index contributed by atoms with van der Waals surface area (Å²) < 4.78 is 2.01.